The van der Waals surface area contributed by atoms with Crippen LogP contribution in [0.2, 0.25) is 0 Å². The molecule has 6 heteroatoms. The molecule has 1 saturated heterocycles. The van der Waals surface area contributed by atoms with Gasteiger partial charge in [0.05, 0.1) is 7.11 Å². The summed E-state index contributed by atoms with van der Waals surface area (Å²) in [6.45, 7) is 2.26. The number of methoxy groups -OCH3 is 1. The van der Waals surface area contributed by atoms with Crippen LogP contribution in [0.5, 0.6) is 0 Å². The zero-order valence-electron chi connectivity index (χ0n) is 16.0. The Balaban J connectivity index is 1.91. The lowest BCUT2D eigenvalue weighted by Gasteiger charge is -2.12. The molecule has 0 N–H and O–H groups in total. The third kappa shape index (κ3) is 10.3. The molecule has 1 rings (SSSR count). The molecule has 0 aromatic rings. The van der Waals surface area contributed by atoms with Crippen LogP contribution >= 0.6 is 0 Å². The second-order valence-corrected chi connectivity index (χ2v) is 7.70. The van der Waals surface area contributed by atoms with E-state index in [0.717, 1.165) is 12.8 Å². The maximum absolute atomic E-state index is 11.5. The van der Waals surface area contributed by atoms with Gasteiger partial charge in [0.1, 0.15) is 6.10 Å². The van der Waals surface area contributed by atoms with Gasteiger partial charge in [0.15, 0.2) is 0 Å². The van der Waals surface area contributed by atoms with Gasteiger partial charge in [0.2, 0.25) is 6.10 Å². The van der Waals surface area contributed by atoms with Gasteiger partial charge in [0, 0.05) is 0 Å². The van der Waals surface area contributed by atoms with Crippen LogP contribution in [0.15, 0.2) is 0 Å². The number of carbonyl (C=O) groups excluding carboxylic acids is 1. The summed E-state index contributed by atoms with van der Waals surface area (Å²) in [6.07, 6.45) is 16.2. The standard InChI is InChI=1S/C19H36O5S/c1-3-4-5-6-7-8-9-10-11-12-13-14-15-16-17-18(19(20)22-2)24-25(21)23-17/h17-18H,3-16H2,1-2H3/t17-,18+,25?/m0/s1. The van der Waals surface area contributed by atoms with Crippen LogP contribution in [0.4, 0.5) is 0 Å². The van der Waals surface area contributed by atoms with Crippen LogP contribution < -0.4 is 0 Å². The zero-order chi connectivity index (χ0) is 18.3. The van der Waals surface area contributed by atoms with E-state index >= 15 is 0 Å². The highest BCUT2D eigenvalue weighted by molar-refractivity contribution is 7.75. The Morgan fingerprint density at radius 3 is 1.80 bits per heavy atom. The molecule has 0 bridgehead atoms. The van der Waals surface area contributed by atoms with Crippen molar-refractivity contribution in [1.29, 1.82) is 0 Å². The predicted octanol–water partition coefficient (Wildman–Crippen LogP) is 5.00. The van der Waals surface area contributed by atoms with Crippen molar-refractivity contribution in [3.63, 3.8) is 0 Å². The number of rotatable bonds is 15. The summed E-state index contributed by atoms with van der Waals surface area (Å²) in [7, 11) is 1.30. The summed E-state index contributed by atoms with van der Waals surface area (Å²) in [5, 5.41) is 0. The van der Waals surface area contributed by atoms with Gasteiger partial charge in [-0.3, -0.25) is 8.37 Å². The molecule has 0 radical (unpaired) electrons. The largest absolute Gasteiger partial charge is 0.467 e. The van der Waals surface area contributed by atoms with Gasteiger partial charge in [-0.2, -0.15) is 4.21 Å². The Morgan fingerprint density at radius 2 is 1.32 bits per heavy atom. The minimum absolute atomic E-state index is 0.444. The van der Waals surface area contributed by atoms with Crippen LogP contribution in [-0.4, -0.2) is 29.5 Å². The van der Waals surface area contributed by atoms with E-state index in [2.05, 4.69) is 11.7 Å². The number of hydrogen-bond donors (Lipinski definition) is 0. The van der Waals surface area contributed by atoms with Crippen molar-refractivity contribution in [2.24, 2.45) is 0 Å². The Morgan fingerprint density at radius 1 is 0.840 bits per heavy atom. The van der Waals surface area contributed by atoms with Gasteiger partial charge in [-0.05, 0) is 6.42 Å². The monoisotopic (exact) mass is 376 g/mol. The molecule has 3 atom stereocenters. The van der Waals surface area contributed by atoms with Crippen molar-refractivity contribution < 1.29 is 22.1 Å². The molecular weight excluding hydrogens is 340 g/mol. The first-order valence-corrected chi connectivity index (χ1v) is 11.0. The summed E-state index contributed by atoms with van der Waals surface area (Å²) >= 11 is -1.82. The maximum atomic E-state index is 11.5. The van der Waals surface area contributed by atoms with Crippen molar-refractivity contribution in [3.8, 4) is 0 Å². The Hall–Kier alpha value is -0.460. The molecular formula is C19H36O5S. The molecule has 0 aliphatic carbocycles. The molecule has 0 aromatic carbocycles. The summed E-state index contributed by atoms with van der Waals surface area (Å²) in [5.41, 5.74) is 0. The summed E-state index contributed by atoms with van der Waals surface area (Å²) in [4.78, 5) is 11.5. The van der Waals surface area contributed by atoms with E-state index in [1.165, 1.54) is 77.7 Å². The molecule has 1 aliphatic heterocycles. The van der Waals surface area contributed by atoms with Crippen LogP contribution in [0.25, 0.3) is 0 Å². The van der Waals surface area contributed by atoms with Crippen molar-refractivity contribution >= 4 is 17.3 Å². The topological polar surface area (TPSA) is 61.8 Å². The first kappa shape index (κ1) is 22.6. The minimum atomic E-state index is -1.82. The lowest BCUT2D eigenvalue weighted by molar-refractivity contribution is -0.149. The Labute approximate surface area is 156 Å². The molecule has 0 aromatic heterocycles. The first-order chi connectivity index (χ1) is 12.2. The van der Waals surface area contributed by atoms with E-state index in [9.17, 15) is 9.00 Å². The van der Waals surface area contributed by atoms with Crippen LogP contribution in [0, 0.1) is 0 Å². The van der Waals surface area contributed by atoms with Crippen molar-refractivity contribution in [1.82, 2.24) is 0 Å². The van der Waals surface area contributed by atoms with Gasteiger partial charge < -0.3 is 4.74 Å². The van der Waals surface area contributed by atoms with Gasteiger partial charge >= 0.3 is 17.3 Å². The highest BCUT2D eigenvalue weighted by Gasteiger charge is 2.40. The molecule has 1 aliphatic rings. The van der Waals surface area contributed by atoms with E-state index in [1.807, 2.05) is 0 Å². The fourth-order valence-corrected chi connectivity index (χ4v) is 4.01. The number of unbranched alkanes of at least 4 members (excludes halogenated alkanes) is 12. The average Bonchev–Trinajstić information content (AvgIpc) is 2.99. The average molecular weight is 377 g/mol. The smallest absolute Gasteiger partial charge is 0.339 e. The third-order valence-electron chi connectivity index (χ3n) is 4.75. The normalized spacial score (nSPS) is 23.0. The third-order valence-corrected chi connectivity index (χ3v) is 5.52. The summed E-state index contributed by atoms with van der Waals surface area (Å²) in [5.74, 6) is -0.509. The number of esters is 1. The predicted molar refractivity (Wildman–Crippen MR) is 100 cm³/mol. The molecule has 0 saturated carbocycles. The number of ether oxygens (including phenoxy) is 1. The molecule has 1 fully saturated rings. The Kier molecular flexibility index (Phi) is 13.3. The maximum Gasteiger partial charge on any atom is 0.339 e. The van der Waals surface area contributed by atoms with Crippen LogP contribution in [0.1, 0.15) is 96.8 Å². The fourth-order valence-electron chi connectivity index (χ4n) is 3.19. The number of carbonyl (C=O) groups is 1. The fraction of sp³-hybridized carbons (Fsp3) is 0.947. The zero-order valence-corrected chi connectivity index (χ0v) is 16.8. The lowest BCUT2D eigenvalue weighted by Crippen LogP contribution is -2.32. The van der Waals surface area contributed by atoms with Gasteiger partial charge in [0.25, 0.3) is 0 Å². The Bertz CT molecular complexity index is 375. The van der Waals surface area contributed by atoms with Gasteiger partial charge in [-0.1, -0.05) is 90.4 Å². The summed E-state index contributed by atoms with van der Waals surface area (Å²) in [6, 6.07) is 0. The van der Waals surface area contributed by atoms with E-state index in [1.54, 1.807) is 0 Å². The SMILES string of the molecule is CCCCCCCCCCCCCCC[C@@H]1OS(=O)O[C@H]1C(=O)OC. The highest BCUT2D eigenvalue weighted by Crippen LogP contribution is 2.24. The van der Waals surface area contributed by atoms with Gasteiger partial charge in [-0.25, -0.2) is 4.79 Å². The molecule has 25 heavy (non-hydrogen) atoms. The first-order valence-electron chi connectivity index (χ1n) is 10.0. The van der Waals surface area contributed by atoms with Crippen molar-refractivity contribution in [2.75, 3.05) is 7.11 Å². The molecule has 148 valence electrons. The second kappa shape index (κ2) is 14.7. The van der Waals surface area contributed by atoms with Gasteiger partial charge in [-0.15, -0.1) is 0 Å². The second-order valence-electron chi connectivity index (χ2n) is 6.91. The van der Waals surface area contributed by atoms with Crippen molar-refractivity contribution in [3.05, 3.63) is 0 Å². The lowest BCUT2D eigenvalue weighted by atomic mass is 10.0. The number of hydrogen-bond acceptors (Lipinski definition) is 5. The molecule has 1 unspecified atom stereocenters. The summed E-state index contributed by atoms with van der Waals surface area (Å²) < 4.78 is 26.0. The van der Waals surface area contributed by atoms with E-state index in [0.29, 0.717) is 6.42 Å². The van der Waals surface area contributed by atoms with Crippen LogP contribution in [-0.2, 0) is 29.3 Å². The molecule has 0 amide bonds. The van der Waals surface area contributed by atoms with E-state index in [-0.39, 0.29) is 0 Å². The van der Waals surface area contributed by atoms with E-state index in [4.69, 9.17) is 8.37 Å². The molecule has 0 spiro atoms. The highest BCUT2D eigenvalue weighted by atomic mass is 32.2. The minimum Gasteiger partial charge on any atom is -0.467 e. The quantitative estimate of drug-likeness (QED) is 0.297. The molecule has 5 nitrogen and oxygen atoms in total. The molecule has 1 heterocycles. The van der Waals surface area contributed by atoms with Crippen LogP contribution in [0.3, 0.4) is 0 Å². The van der Waals surface area contributed by atoms with E-state index < -0.39 is 29.5 Å². The van der Waals surface area contributed by atoms with Crippen molar-refractivity contribution in [2.45, 2.75) is 109 Å².